The van der Waals surface area contributed by atoms with Crippen LogP contribution in [-0.4, -0.2) is 24.4 Å². The molecule has 0 fully saturated rings. The number of likely N-dealkylation sites (N-methyl/N-ethyl adjacent to an activating group) is 1. The predicted molar refractivity (Wildman–Crippen MR) is 82.9 cm³/mol. The normalized spacial score (nSPS) is 10.1. The number of carbonyl (C=O) groups excluding carboxylic acids is 1. The third-order valence-electron chi connectivity index (χ3n) is 3.01. The Labute approximate surface area is 124 Å². The van der Waals surface area contributed by atoms with E-state index in [9.17, 15) is 4.79 Å². The van der Waals surface area contributed by atoms with Gasteiger partial charge in [0.25, 0.3) is 0 Å². The standard InChI is InChI=1S/C16H17ClN2O/c1-19(12-13-7-5-6-10-15(13)17)16(20)11-18-14-8-3-2-4-9-14/h2-10,18H,11-12H2,1H3. The first-order chi connectivity index (χ1) is 9.66. The van der Waals surface area contributed by atoms with Gasteiger partial charge in [0.1, 0.15) is 0 Å². The molecule has 0 aliphatic carbocycles. The van der Waals surface area contributed by atoms with E-state index < -0.39 is 0 Å². The second kappa shape index (κ2) is 6.96. The van der Waals surface area contributed by atoms with Gasteiger partial charge in [0.05, 0.1) is 6.54 Å². The first kappa shape index (κ1) is 14.4. The zero-order valence-electron chi connectivity index (χ0n) is 11.3. The van der Waals surface area contributed by atoms with Crippen molar-refractivity contribution in [3.63, 3.8) is 0 Å². The van der Waals surface area contributed by atoms with Gasteiger partial charge in [0.2, 0.25) is 5.91 Å². The number of nitrogens with one attached hydrogen (secondary N) is 1. The summed E-state index contributed by atoms with van der Waals surface area (Å²) in [4.78, 5) is 13.7. The van der Waals surface area contributed by atoms with E-state index in [1.54, 1.807) is 11.9 Å². The Balaban J connectivity index is 1.88. The highest BCUT2D eigenvalue weighted by Crippen LogP contribution is 2.16. The third-order valence-corrected chi connectivity index (χ3v) is 3.38. The Morgan fingerprint density at radius 3 is 2.45 bits per heavy atom. The van der Waals surface area contributed by atoms with Crippen molar-refractivity contribution in [2.24, 2.45) is 0 Å². The number of anilines is 1. The zero-order valence-corrected chi connectivity index (χ0v) is 12.1. The number of rotatable bonds is 5. The van der Waals surface area contributed by atoms with E-state index in [4.69, 9.17) is 11.6 Å². The first-order valence-corrected chi connectivity index (χ1v) is 6.81. The first-order valence-electron chi connectivity index (χ1n) is 6.43. The van der Waals surface area contributed by atoms with Crippen molar-refractivity contribution in [1.82, 2.24) is 4.90 Å². The van der Waals surface area contributed by atoms with Crippen molar-refractivity contribution in [3.8, 4) is 0 Å². The molecule has 0 atom stereocenters. The van der Waals surface area contributed by atoms with Crippen LogP contribution in [0.5, 0.6) is 0 Å². The summed E-state index contributed by atoms with van der Waals surface area (Å²) in [5.74, 6) is 0.0220. The van der Waals surface area contributed by atoms with Gasteiger partial charge in [-0.25, -0.2) is 0 Å². The van der Waals surface area contributed by atoms with Crippen molar-refractivity contribution in [2.75, 3.05) is 18.9 Å². The lowest BCUT2D eigenvalue weighted by Gasteiger charge is -2.18. The van der Waals surface area contributed by atoms with E-state index in [2.05, 4.69) is 5.32 Å². The highest BCUT2D eigenvalue weighted by atomic mass is 35.5. The fourth-order valence-electron chi connectivity index (χ4n) is 1.84. The largest absolute Gasteiger partial charge is 0.376 e. The monoisotopic (exact) mass is 288 g/mol. The molecule has 2 aromatic carbocycles. The van der Waals surface area contributed by atoms with Crippen LogP contribution in [0.1, 0.15) is 5.56 Å². The van der Waals surface area contributed by atoms with Crippen molar-refractivity contribution in [1.29, 1.82) is 0 Å². The van der Waals surface area contributed by atoms with Crippen LogP contribution in [0, 0.1) is 0 Å². The molecule has 0 aliphatic rings. The topological polar surface area (TPSA) is 32.3 Å². The summed E-state index contributed by atoms with van der Waals surface area (Å²) in [5.41, 5.74) is 1.89. The third kappa shape index (κ3) is 4.00. The van der Waals surface area contributed by atoms with Crippen LogP contribution >= 0.6 is 11.6 Å². The molecule has 0 unspecified atom stereocenters. The minimum Gasteiger partial charge on any atom is -0.376 e. The van der Waals surface area contributed by atoms with Gasteiger partial charge in [-0.1, -0.05) is 48.0 Å². The molecule has 2 rings (SSSR count). The second-order valence-corrected chi connectivity index (χ2v) is 4.97. The van der Waals surface area contributed by atoms with Crippen molar-refractivity contribution >= 4 is 23.2 Å². The number of hydrogen-bond donors (Lipinski definition) is 1. The minimum atomic E-state index is 0.0220. The summed E-state index contributed by atoms with van der Waals surface area (Å²) in [5, 5.41) is 3.79. The maximum absolute atomic E-state index is 12.1. The van der Waals surface area contributed by atoms with Crippen molar-refractivity contribution < 1.29 is 4.79 Å². The Bertz CT molecular complexity index is 572. The molecule has 0 heterocycles. The summed E-state index contributed by atoms with van der Waals surface area (Å²) >= 11 is 6.09. The van der Waals surface area contributed by atoms with E-state index in [-0.39, 0.29) is 12.5 Å². The molecule has 1 N–H and O–H groups in total. The molecule has 0 aromatic heterocycles. The van der Waals surface area contributed by atoms with Gasteiger partial charge in [-0.3, -0.25) is 4.79 Å². The fourth-order valence-corrected chi connectivity index (χ4v) is 2.03. The number of para-hydroxylation sites is 1. The zero-order chi connectivity index (χ0) is 14.4. The van der Waals surface area contributed by atoms with Crippen LogP contribution in [0.4, 0.5) is 5.69 Å². The van der Waals surface area contributed by atoms with Gasteiger partial charge in [-0.2, -0.15) is 0 Å². The Hall–Kier alpha value is -2.00. The minimum absolute atomic E-state index is 0.0220. The van der Waals surface area contributed by atoms with Crippen LogP contribution in [0.3, 0.4) is 0 Å². The predicted octanol–water partition coefficient (Wildman–Crippen LogP) is 3.41. The lowest BCUT2D eigenvalue weighted by Crippen LogP contribution is -2.31. The van der Waals surface area contributed by atoms with Gasteiger partial charge in [0.15, 0.2) is 0 Å². The Kier molecular flexibility index (Phi) is 5.02. The van der Waals surface area contributed by atoms with Gasteiger partial charge in [-0.05, 0) is 23.8 Å². The fraction of sp³-hybridized carbons (Fsp3) is 0.188. The summed E-state index contributed by atoms with van der Waals surface area (Å²) in [6.07, 6.45) is 0. The molecule has 3 nitrogen and oxygen atoms in total. The quantitative estimate of drug-likeness (QED) is 0.914. The van der Waals surface area contributed by atoms with E-state index in [0.29, 0.717) is 11.6 Å². The maximum atomic E-state index is 12.1. The number of benzene rings is 2. The van der Waals surface area contributed by atoms with Crippen LogP contribution in [0.25, 0.3) is 0 Å². The lowest BCUT2D eigenvalue weighted by molar-refractivity contribution is -0.128. The smallest absolute Gasteiger partial charge is 0.241 e. The van der Waals surface area contributed by atoms with Crippen LogP contribution in [-0.2, 0) is 11.3 Å². The molecule has 104 valence electrons. The van der Waals surface area contributed by atoms with Gasteiger partial charge >= 0.3 is 0 Å². The number of amides is 1. The molecule has 20 heavy (non-hydrogen) atoms. The van der Waals surface area contributed by atoms with Crippen molar-refractivity contribution in [2.45, 2.75) is 6.54 Å². The number of carbonyl (C=O) groups is 1. The summed E-state index contributed by atoms with van der Waals surface area (Å²) < 4.78 is 0. The highest BCUT2D eigenvalue weighted by Gasteiger charge is 2.10. The number of nitrogens with zero attached hydrogens (tertiary/aromatic N) is 1. The molecule has 0 radical (unpaired) electrons. The molecular formula is C16H17ClN2O. The SMILES string of the molecule is CN(Cc1ccccc1Cl)C(=O)CNc1ccccc1. The summed E-state index contributed by atoms with van der Waals surface area (Å²) in [7, 11) is 1.78. The van der Waals surface area contributed by atoms with Crippen LogP contribution < -0.4 is 5.32 Å². The Morgan fingerprint density at radius 1 is 1.10 bits per heavy atom. The molecule has 4 heteroatoms. The molecule has 2 aromatic rings. The molecule has 0 aliphatic heterocycles. The molecular weight excluding hydrogens is 272 g/mol. The van der Waals surface area contributed by atoms with Crippen LogP contribution in [0.2, 0.25) is 5.02 Å². The number of halogens is 1. The lowest BCUT2D eigenvalue weighted by atomic mass is 10.2. The second-order valence-electron chi connectivity index (χ2n) is 4.56. The summed E-state index contributed by atoms with van der Waals surface area (Å²) in [6.45, 7) is 0.778. The Morgan fingerprint density at radius 2 is 1.75 bits per heavy atom. The van der Waals surface area contributed by atoms with E-state index in [1.165, 1.54) is 0 Å². The average Bonchev–Trinajstić information content (AvgIpc) is 2.48. The van der Waals surface area contributed by atoms with E-state index >= 15 is 0 Å². The molecule has 1 amide bonds. The van der Waals surface area contributed by atoms with Gasteiger partial charge < -0.3 is 10.2 Å². The van der Waals surface area contributed by atoms with Crippen LogP contribution in [0.15, 0.2) is 54.6 Å². The molecule has 0 spiro atoms. The summed E-state index contributed by atoms with van der Waals surface area (Å²) in [6, 6.07) is 17.2. The molecule has 0 saturated heterocycles. The maximum Gasteiger partial charge on any atom is 0.241 e. The molecule has 0 saturated carbocycles. The van der Waals surface area contributed by atoms with Gasteiger partial charge in [0, 0.05) is 24.3 Å². The van der Waals surface area contributed by atoms with Gasteiger partial charge in [-0.15, -0.1) is 0 Å². The van der Waals surface area contributed by atoms with E-state index in [1.807, 2.05) is 54.6 Å². The molecule has 0 bridgehead atoms. The average molecular weight is 289 g/mol. The van der Waals surface area contributed by atoms with Crippen molar-refractivity contribution in [3.05, 3.63) is 65.2 Å². The van der Waals surface area contributed by atoms with E-state index in [0.717, 1.165) is 11.3 Å². The highest BCUT2D eigenvalue weighted by molar-refractivity contribution is 6.31. The number of hydrogen-bond acceptors (Lipinski definition) is 2.